The van der Waals surface area contributed by atoms with Crippen LogP contribution in [0, 0.1) is 0 Å². The van der Waals surface area contributed by atoms with Crippen molar-refractivity contribution in [2.75, 3.05) is 20.1 Å². The molecule has 1 saturated carbocycles. The lowest BCUT2D eigenvalue weighted by Gasteiger charge is -2.00. The van der Waals surface area contributed by atoms with E-state index >= 15 is 0 Å². The number of carbonyl (C=O) groups excluding carboxylic acids is 1. The third-order valence-corrected chi connectivity index (χ3v) is 2.33. The summed E-state index contributed by atoms with van der Waals surface area (Å²) in [4.78, 5) is 15.6. The van der Waals surface area contributed by atoms with Crippen LogP contribution in [0.15, 0.2) is 0 Å². The second-order valence-corrected chi connectivity index (χ2v) is 3.68. The van der Waals surface area contributed by atoms with Gasteiger partial charge in [-0.15, -0.1) is 5.10 Å². The van der Waals surface area contributed by atoms with Crippen molar-refractivity contribution in [1.82, 2.24) is 25.8 Å². The van der Waals surface area contributed by atoms with E-state index in [0.717, 1.165) is 25.2 Å². The monoisotopic (exact) mass is 209 g/mol. The van der Waals surface area contributed by atoms with Crippen LogP contribution in [0.3, 0.4) is 0 Å². The van der Waals surface area contributed by atoms with Crippen LogP contribution in [0.5, 0.6) is 0 Å². The molecule has 1 fully saturated rings. The van der Waals surface area contributed by atoms with Crippen molar-refractivity contribution in [3.05, 3.63) is 11.6 Å². The van der Waals surface area contributed by atoms with E-state index in [-0.39, 0.29) is 11.7 Å². The molecule has 1 aromatic heterocycles. The lowest BCUT2D eigenvalue weighted by Crippen LogP contribution is -2.31. The molecule has 0 aliphatic heterocycles. The van der Waals surface area contributed by atoms with Gasteiger partial charge in [0.2, 0.25) is 5.82 Å². The Kier molecular flexibility index (Phi) is 2.96. The zero-order chi connectivity index (χ0) is 10.7. The van der Waals surface area contributed by atoms with Gasteiger partial charge in [-0.3, -0.25) is 9.89 Å². The highest BCUT2D eigenvalue weighted by Crippen LogP contribution is 2.37. The SMILES string of the molecule is CNCCNC(=O)c1n[nH]c(C2CC2)n1. The van der Waals surface area contributed by atoms with Crippen LogP contribution in [0.25, 0.3) is 0 Å². The zero-order valence-electron chi connectivity index (χ0n) is 8.71. The quantitative estimate of drug-likeness (QED) is 0.578. The Morgan fingerprint density at radius 3 is 3.00 bits per heavy atom. The van der Waals surface area contributed by atoms with Crippen LogP contribution >= 0.6 is 0 Å². The van der Waals surface area contributed by atoms with Gasteiger partial charge in [0.25, 0.3) is 5.91 Å². The summed E-state index contributed by atoms with van der Waals surface area (Å²) in [5.41, 5.74) is 0. The topological polar surface area (TPSA) is 82.7 Å². The number of likely N-dealkylation sites (N-methyl/N-ethyl adjacent to an activating group) is 1. The molecule has 1 aromatic rings. The molecule has 1 amide bonds. The predicted molar refractivity (Wildman–Crippen MR) is 54.6 cm³/mol. The van der Waals surface area contributed by atoms with Gasteiger partial charge < -0.3 is 10.6 Å². The first-order valence-corrected chi connectivity index (χ1v) is 5.16. The number of amides is 1. The van der Waals surface area contributed by atoms with E-state index in [4.69, 9.17) is 0 Å². The fourth-order valence-corrected chi connectivity index (χ4v) is 1.30. The minimum atomic E-state index is -0.214. The van der Waals surface area contributed by atoms with Gasteiger partial charge in [-0.1, -0.05) is 0 Å². The smallest absolute Gasteiger partial charge is 0.291 e. The Labute approximate surface area is 87.9 Å². The van der Waals surface area contributed by atoms with Crippen LogP contribution in [0.2, 0.25) is 0 Å². The molecule has 82 valence electrons. The van der Waals surface area contributed by atoms with Gasteiger partial charge in [-0.05, 0) is 19.9 Å². The first kappa shape index (κ1) is 10.1. The molecular weight excluding hydrogens is 194 g/mol. The van der Waals surface area contributed by atoms with Gasteiger partial charge in [0.1, 0.15) is 5.82 Å². The van der Waals surface area contributed by atoms with Gasteiger partial charge >= 0.3 is 0 Å². The molecule has 0 spiro atoms. The highest BCUT2D eigenvalue weighted by molar-refractivity contribution is 5.90. The molecule has 3 N–H and O–H groups in total. The maximum atomic E-state index is 11.5. The van der Waals surface area contributed by atoms with Crippen LogP contribution < -0.4 is 10.6 Å². The lowest BCUT2D eigenvalue weighted by molar-refractivity contribution is 0.0944. The first-order chi connectivity index (χ1) is 7.31. The first-order valence-electron chi connectivity index (χ1n) is 5.16. The minimum absolute atomic E-state index is 0.214. The highest BCUT2D eigenvalue weighted by atomic mass is 16.2. The summed E-state index contributed by atoms with van der Waals surface area (Å²) in [7, 11) is 1.84. The number of aromatic nitrogens is 3. The van der Waals surface area contributed by atoms with Crippen LogP contribution in [0.4, 0.5) is 0 Å². The molecule has 1 heterocycles. The number of rotatable bonds is 5. The Bertz CT molecular complexity index is 344. The van der Waals surface area contributed by atoms with Crippen LogP contribution in [0.1, 0.15) is 35.2 Å². The molecule has 0 bridgehead atoms. The van der Waals surface area contributed by atoms with E-state index in [0.29, 0.717) is 12.5 Å². The third kappa shape index (κ3) is 2.53. The summed E-state index contributed by atoms with van der Waals surface area (Å²) >= 11 is 0. The van der Waals surface area contributed by atoms with Crippen molar-refractivity contribution in [3.63, 3.8) is 0 Å². The second-order valence-electron chi connectivity index (χ2n) is 3.68. The summed E-state index contributed by atoms with van der Waals surface area (Å²) in [5, 5.41) is 12.4. The summed E-state index contributed by atoms with van der Waals surface area (Å²) < 4.78 is 0. The number of hydrogen-bond acceptors (Lipinski definition) is 4. The number of carbonyl (C=O) groups is 1. The summed E-state index contributed by atoms with van der Waals surface area (Å²) in [6.45, 7) is 1.33. The van der Waals surface area contributed by atoms with Gasteiger partial charge in [-0.2, -0.15) is 0 Å². The minimum Gasteiger partial charge on any atom is -0.348 e. The largest absolute Gasteiger partial charge is 0.348 e. The maximum Gasteiger partial charge on any atom is 0.291 e. The summed E-state index contributed by atoms with van der Waals surface area (Å²) in [6, 6.07) is 0. The lowest BCUT2D eigenvalue weighted by atomic mass is 10.4. The van der Waals surface area contributed by atoms with E-state index in [1.165, 1.54) is 0 Å². The second kappa shape index (κ2) is 4.39. The Hall–Kier alpha value is -1.43. The van der Waals surface area contributed by atoms with E-state index in [1.807, 2.05) is 7.05 Å². The summed E-state index contributed by atoms with van der Waals surface area (Å²) in [6.07, 6.45) is 2.30. The average molecular weight is 209 g/mol. The van der Waals surface area contributed by atoms with Crippen molar-refractivity contribution < 1.29 is 4.79 Å². The van der Waals surface area contributed by atoms with Gasteiger partial charge in [0.15, 0.2) is 0 Å². The average Bonchev–Trinajstić information content (AvgIpc) is 2.97. The number of H-pyrrole nitrogens is 1. The van der Waals surface area contributed by atoms with E-state index < -0.39 is 0 Å². The molecule has 0 atom stereocenters. The molecule has 0 radical (unpaired) electrons. The van der Waals surface area contributed by atoms with Crippen LogP contribution in [-0.2, 0) is 0 Å². The van der Waals surface area contributed by atoms with E-state index in [1.54, 1.807) is 0 Å². The molecule has 6 heteroatoms. The molecule has 0 saturated heterocycles. The summed E-state index contributed by atoms with van der Waals surface area (Å²) in [5.74, 6) is 1.37. The normalized spacial score (nSPS) is 15.3. The number of hydrogen-bond donors (Lipinski definition) is 3. The number of nitrogens with zero attached hydrogens (tertiary/aromatic N) is 2. The standard InChI is InChI=1S/C9H15N5O/c1-10-4-5-11-9(15)8-12-7(13-14-8)6-2-3-6/h6,10H,2-5H2,1H3,(H,11,15)(H,12,13,14). The number of aromatic amines is 1. The van der Waals surface area contributed by atoms with Crippen molar-refractivity contribution >= 4 is 5.91 Å². The Morgan fingerprint density at radius 1 is 1.53 bits per heavy atom. The fraction of sp³-hybridized carbons (Fsp3) is 0.667. The van der Waals surface area contributed by atoms with Crippen molar-refractivity contribution in [3.8, 4) is 0 Å². The molecule has 15 heavy (non-hydrogen) atoms. The van der Waals surface area contributed by atoms with Gasteiger partial charge in [-0.25, -0.2) is 4.98 Å². The van der Waals surface area contributed by atoms with Gasteiger partial charge in [0, 0.05) is 19.0 Å². The third-order valence-electron chi connectivity index (χ3n) is 2.33. The molecule has 1 aliphatic rings. The number of nitrogens with one attached hydrogen (secondary N) is 3. The van der Waals surface area contributed by atoms with E-state index in [9.17, 15) is 4.79 Å². The molecule has 0 aromatic carbocycles. The molecule has 1 aliphatic carbocycles. The molecular formula is C9H15N5O. The van der Waals surface area contributed by atoms with Crippen molar-refractivity contribution in [1.29, 1.82) is 0 Å². The van der Waals surface area contributed by atoms with Crippen molar-refractivity contribution in [2.24, 2.45) is 0 Å². The van der Waals surface area contributed by atoms with Gasteiger partial charge in [0.05, 0.1) is 0 Å². The maximum absolute atomic E-state index is 11.5. The highest BCUT2D eigenvalue weighted by Gasteiger charge is 2.27. The molecule has 6 nitrogen and oxygen atoms in total. The Balaban J connectivity index is 1.87. The predicted octanol–water partition coefficient (Wildman–Crippen LogP) is -0.369. The van der Waals surface area contributed by atoms with Crippen LogP contribution in [-0.4, -0.2) is 41.2 Å². The fourth-order valence-electron chi connectivity index (χ4n) is 1.30. The van der Waals surface area contributed by atoms with Crippen molar-refractivity contribution in [2.45, 2.75) is 18.8 Å². The Morgan fingerprint density at radius 2 is 2.33 bits per heavy atom. The molecule has 2 rings (SSSR count). The zero-order valence-corrected chi connectivity index (χ0v) is 8.71. The van der Waals surface area contributed by atoms with E-state index in [2.05, 4.69) is 25.8 Å². The molecule has 0 unspecified atom stereocenters.